The van der Waals surface area contributed by atoms with Crippen LogP contribution in [0.4, 0.5) is 0 Å². The fraction of sp³-hybridized carbons (Fsp3) is 0. The van der Waals surface area contributed by atoms with Crippen LogP contribution in [0, 0.1) is 11.3 Å². The van der Waals surface area contributed by atoms with Gasteiger partial charge in [0.2, 0.25) is 0 Å². The maximum atomic E-state index is 9.28. The van der Waals surface area contributed by atoms with Gasteiger partial charge in [-0.2, -0.15) is 5.26 Å². The summed E-state index contributed by atoms with van der Waals surface area (Å²) in [6.45, 7) is 0. The van der Waals surface area contributed by atoms with Crippen LogP contribution in [-0.2, 0) is 0 Å². The molecule has 0 aliphatic rings. The van der Waals surface area contributed by atoms with E-state index >= 15 is 0 Å². The van der Waals surface area contributed by atoms with Crippen LogP contribution in [0.5, 0.6) is 0 Å². The molecule has 0 N–H and O–H groups in total. The van der Waals surface area contributed by atoms with E-state index in [-0.39, 0.29) is 0 Å². The summed E-state index contributed by atoms with van der Waals surface area (Å²) in [5.41, 5.74) is 1.62. The lowest BCUT2D eigenvalue weighted by Crippen LogP contribution is -1.88. The monoisotopic (exact) mass is 352 g/mol. The van der Waals surface area contributed by atoms with Gasteiger partial charge in [-0.25, -0.2) is 0 Å². The van der Waals surface area contributed by atoms with Gasteiger partial charge in [-0.3, -0.25) is 4.98 Å². The molecule has 0 spiro atoms. The molecule has 19 heavy (non-hydrogen) atoms. The Balaban J connectivity index is 2.59. The van der Waals surface area contributed by atoms with Crippen molar-refractivity contribution >= 4 is 49.7 Å². The second-order valence-corrected chi connectivity index (χ2v) is 5.37. The van der Waals surface area contributed by atoms with E-state index in [2.05, 4.69) is 27.0 Å². The number of aromatic nitrogens is 1. The van der Waals surface area contributed by atoms with Crippen LogP contribution < -0.4 is 0 Å². The van der Waals surface area contributed by atoms with Crippen LogP contribution in [-0.4, -0.2) is 4.98 Å². The van der Waals surface area contributed by atoms with Gasteiger partial charge in [0.05, 0.1) is 15.6 Å². The van der Waals surface area contributed by atoms with Crippen molar-refractivity contribution < 1.29 is 0 Å². The number of halogens is 3. The van der Waals surface area contributed by atoms with Crippen molar-refractivity contribution in [2.24, 2.45) is 0 Å². The molecule has 0 amide bonds. The van der Waals surface area contributed by atoms with Crippen LogP contribution >= 0.6 is 39.1 Å². The summed E-state index contributed by atoms with van der Waals surface area (Å²) in [5, 5.41) is 10.1. The third-order valence-corrected chi connectivity index (χ3v) is 3.65. The van der Waals surface area contributed by atoms with Gasteiger partial charge in [-0.05, 0) is 18.2 Å². The topological polar surface area (TPSA) is 36.7 Å². The van der Waals surface area contributed by atoms with Crippen LogP contribution in [0.2, 0.25) is 5.02 Å². The Bertz CT molecular complexity index is 676. The van der Waals surface area contributed by atoms with Crippen molar-refractivity contribution in [1.29, 1.82) is 5.26 Å². The third-order valence-electron chi connectivity index (χ3n) is 2.45. The molecule has 1 heterocycles. The lowest BCUT2D eigenvalue weighted by molar-refractivity contribution is 1.31. The van der Waals surface area contributed by atoms with Crippen molar-refractivity contribution in [2.75, 3.05) is 0 Å². The molecule has 0 aliphatic heterocycles. The smallest absolute Gasteiger partial charge is 0.101 e. The number of pyridine rings is 1. The Labute approximate surface area is 129 Å². The second kappa shape index (κ2) is 6.21. The summed E-state index contributed by atoms with van der Waals surface area (Å²) in [5.74, 6) is 0. The standard InChI is InChI=1S/C14H7BrCl2N2/c15-10-3-4-11(13(16)6-10)14(17)12(7-18)9-2-1-5-19-8-9/h1-6,8H/b14-12-. The lowest BCUT2D eigenvalue weighted by Gasteiger charge is -2.06. The number of hydrogen-bond acceptors (Lipinski definition) is 2. The minimum Gasteiger partial charge on any atom is -0.264 e. The molecule has 94 valence electrons. The Kier molecular flexibility index (Phi) is 4.60. The molecule has 0 saturated carbocycles. The maximum absolute atomic E-state index is 9.28. The molecule has 0 bridgehead atoms. The molecule has 2 rings (SSSR count). The molecular formula is C14H7BrCl2N2. The minimum atomic E-state index is 0.313. The van der Waals surface area contributed by atoms with Gasteiger partial charge in [-0.1, -0.05) is 51.3 Å². The van der Waals surface area contributed by atoms with Gasteiger partial charge < -0.3 is 0 Å². The van der Waals surface area contributed by atoms with Gasteiger partial charge in [-0.15, -0.1) is 0 Å². The second-order valence-electron chi connectivity index (χ2n) is 3.67. The summed E-state index contributed by atoms with van der Waals surface area (Å²) in [7, 11) is 0. The van der Waals surface area contributed by atoms with Crippen molar-refractivity contribution in [3.05, 3.63) is 63.3 Å². The van der Waals surface area contributed by atoms with Crippen molar-refractivity contribution in [2.45, 2.75) is 0 Å². The molecule has 5 heteroatoms. The number of allylic oxidation sites excluding steroid dienone is 1. The van der Waals surface area contributed by atoms with E-state index in [1.54, 1.807) is 36.7 Å². The molecule has 0 atom stereocenters. The van der Waals surface area contributed by atoms with E-state index < -0.39 is 0 Å². The average molecular weight is 354 g/mol. The van der Waals surface area contributed by atoms with E-state index in [0.29, 0.717) is 26.8 Å². The fourth-order valence-corrected chi connectivity index (χ4v) is 2.69. The summed E-state index contributed by atoms with van der Waals surface area (Å²) in [6, 6.07) is 10.9. The van der Waals surface area contributed by atoms with E-state index in [1.807, 2.05) is 6.07 Å². The molecule has 0 aliphatic carbocycles. The quantitative estimate of drug-likeness (QED) is 0.702. The molecule has 2 aromatic rings. The molecule has 1 aromatic carbocycles. The van der Waals surface area contributed by atoms with Gasteiger partial charge in [0.25, 0.3) is 0 Å². The molecular weight excluding hydrogens is 347 g/mol. The van der Waals surface area contributed by atoms with Crippen LogP contribution in [0.1, 0.15) is 11.1 Å². The largest absolute Gasteiger partial charge is 0.264 e. The average Bonchev–Trinajstić information content (AvgIpc) is 2.40. The zero-order chi connectivity index (χ0) is 13.8. The molecule has 0 fully saturated rings. The summed E-state index contributed by atoms with van der Waals surface area (Å²) in [4.78, 5) is 3.98. The summed E-state index contributed by atoms with van der Waals surface area (Å²) < 4.78 is 0.852. The van der Waals surface area contributed by atoms with E-state index in [0.717, 1.165) is 4.47 Å². The Hall–Kier alpha value is -1.34. The van der Waals surface area contributed by atoms with Gasteiger partial charge >= 0.3 is 0 Å². The Morgan fingerprint density at radius 2 is 2.11 bits per heavy atom. The summed E-state index contributed by atoms with van der Waals surface area (Å²) in [6.07, 6.45) is 3.23. The minimum absolute atomic E-state index is 0.313. The lowest BCUT2D eigenvalue weighted by atomic mass is 10.1. The molecule has 0 unspecified atom stereocenters. The highest BCUT2D eigenvalue weighted by atomic mass is 79.9. The first kappa shape index (κ1) is 14.1. The number of nitrogens with zero attached hydrogens (tertiary/aromatic N) is 2. The predicted octanol–water partition coefficient (Wildman–Crippen LogP) is 5.13. The van der Waals surface area contributed by atoms with E-state index in [1.165, 1.54) is 0 Å². The Morgan fingerprint density at radius 3 is 2.68 bits per heavy atom. The van der Waals surface area contributed by atoms with Crippen LogP contribution in [0.15, 0.2) is 47.2 Å². The van der Waals surface area contributed by atoms with E-state index in [4.69, 9.17) is 23.2 Å². The summed E-state index contributed by atoms with van der Waals surface area (Å²) >= 11 is 15.8. The van der Waals surface area contributed by atoms with Gasteiger partial charge in [0.1, 0.15) is 6.07 Å². The van der Waals surface area contributed by atoms with Crippen LogP contribution in [0.3, 0.4) is 0 Å². The van der Waals surface area contributed by atoms with E-state index in [9.17, 15) is 5.26 Å². The van der Waals surface area contributed by atoms with Crippen molar-refractivity contribution in [3.63, 3.8) is 0 Å². The van der Waals surface area contributed by atoms with Crippen molar-refractivity contribution in [3.8, 4) is 6.07 Å². The maximum Gasteiger partial charge on any atom is 0.101 e. The molecule has 0 radical (unpaired) electrons. The zero-order valence-electron chi connectivity index (χ0n) is 9.57. The number of nitriles is 1. The number of benzene rings is 1. The molecule has 0 saturated heterocycles. The highest BCUT2D eigenvalue weighted by Gasteiger charge is 2.12. The SMILES string of the molecule is N#C/C(=C(/Cl)c1ccc(Br)cc1Cl)c1cccnc1. The molecule has 2 nitrogen and oxygen atoms in total. The zero-order valence-corrected chi connectivity index (χ0v) is 12.7. The normalized spacial score (nSPS) is 11.7. The number of rotatable bonds is 2. The fourth-order valence-electron chi connectivity index (χ4n) is 1.55. The van der Waals surface area contributed by atoms with Crippen molar-refractivity contribution in [1.82, 2.24) is 4.98 Å². The number of hydrogen-bond donors (Lipinski definition) is 0. The van der Waals surface area contributed by atoms with Gasteiger partial charge in [0.15, 0.2) is 0 Å². The van der Waals surface area contributed by atoms with Gasteiger partial charge in [0, 0.05) is 28.0 Å². The highest BCUT2D eigenvalue weighted by Crippen LogP contribution is 2.34. The Morgan fingerprint density at radius 1 is 1.32 bits per heavy atom. The predicted molar refractivity (Wildman–Crippen MR) is 81.7 cm³/mol. The van der Waals surface area contributed by atoms with Crippen LogP contribution in [0.25, 0.3) is 10.6 Å². The molecule has 1 aromatic heterocycles. The first-order chi connectivity index (χ1) is 9.13. The first-order valence-corrected chi connectivity index (χ1v) is 6.84. The highest BCUT2D eigenvalue weighted by molar-refractivity contribution is 9.10. The third kappa shape index (κ3) is 3.16. The first-order valence-electron chi connectivity index (χ1n) is 5.29.